The predicted octanol–water partition coefficient (Wildman–Crippen LogP) is 6.44. The van der Waals surface area contributed by atoms with Crippen LogP contribution >= 0.6 is 0 Å². The SMILES string of the molecule is C(=Cc1c(-c2cccnc2)ccnc1-c1ccc(-c2cccnc2)nc1)c1ccccc1. The monoisotopic (exact) mass is 412 g/mol. The van der Waals surface area contributed by atoms with Crippen LogP contribution in [0.1, 0.15) is 11.1 Å². The van der Waals surface area contributed by atoms with Gasteiger partial charge >= 0.3 is 0 Å². The molecule has 32 heavy (non-hydrogen) atoms. The Morgan fingerprint density at radius 3 is 2.00 bits per heavy atom. The van der Waals surface area contributed by atoms with Crippen LogP contribution in [-0.4, -0.2) is 19.9 Å². The summed E-state index contributed by atoms with van der Waals surface area (Å²) in [5.41, 5.74) is 7.98. The van der Waals surface area contributed by atoms with Crippen molar-refractivity contribution in [2.24, 2.45) is 0 Å². The molecule has 0 saturated carbocycles. The molecule has 152 valence electrons. The van der Waals surface area contributed by atoms with Crippen LogP contribution in [0.4, 0.5) is 0 Å². The molecule has 0 aliphatic carbocycles. The number of hydrogen-bond acceptors (Lipinski definition) is 4. The molecule has 0 unspecified atom stereocenters. The molecule has 0 spiro atoms. The van der Waals surface area contributed by atoms with Crippen molar-refractivity contribution in [1.29, 1.82) is 0 Å². The summed E-state index contributed by atoms with van der Waals surface area (Å²) in [6, 6.07) is 24.3. The van der Waals surface area contributed by atoms with Crippen LogP contribution in [0.15, 0.2) is 110 Å². The Hall–Kier alpha value is -4.44. The fourth-order valence-electron chi connectivity index (χ4n) is 3.61. The van der Waals surface area contributed by atoms with Gasteiger partial charge in [0, 0.05) is 59.4 Å². The van der Waals surface area contributed by atoms with E-state index < -0.39 is 0 Å². The van der Waals surface area contributed by atoms with Crippen LogP contribution in [-0.2, 0) is 0 Å². The zero-order valence-corrected chi connectivity index (χ0v) is 17.3. The number of aromatic nitrogens is 4. The summed E-state index contributed by atoms with van der Waals surface area (Å²) >= 11 is 0. The lowest BCUT2D eigenvalue weighted by molar-refractivity contribution is 1.25. The Balaban J connectivity index is 1.61. The average Bonchev–Trinajstić information content (AvgIpc) is 2.89. The summed E-state index contributed by atoms with van der Waals surface area (Å²) in [5.74, 6) is 0. The first-order valence-corrected chi connectivity index (χ1v) is 10.4. The lowest BCUT2D eigenvalue weighted by Gasteiger charge is -2.12. The number of nitrogens with zero attached hydrogens (tertiary/aromatic N) is 4. The van der Waals surface area contributed by atoms with Crippen molar-refractivity contribution in [2.75, 3.05) is 0 Å². The molecule has 5 rings (SSSR count). The van der Waals surface area contributed by atoms with E-state index in [2.05, 4.69) is 51.4 Å². The minimum absolute atomic E-state index is 0.878. The third-order valence-corrected chi connectivity index (χ3v) is 5.20. The van der Waals surface area contributed by atoms with Crippen LogP contribution in [0.3, 0.4) is 0 Å². The molecule has 0 aliphatic rings. The molecule has 0 N–H and O–H groups in total. The topological polar surface area (TPSA) is 51.6 Å². The van der Waals surface area contributed by atoms with Gasteiger partial charge in [0.2, 0.25) is 0 Å². The largest absolute Gasteiger partial charge is 0.264 e. The van der Waals surface area contributed by atoms with Gasteiger partial charge in [-0.05, 0) is 47.5 Å². The highest BCUT2D eigenvalue weighted by molar-refractivity contribution is 5.88. The van der Waals surface area contributed by atoms with Gasteiger partial charge in [-0.2, -0.15) is 0 Å². The molecule has 0 saturated heterocycles. The van der Waals surface area contributed by atoms with E-state index in [1.165, 1.54) is 0 Å². The van der Waals surface area contributed by atoms with Crippen LogP contribution in [0, 0.1) is 0 Å². The standard InChI is InChI=1S/C28H20N4/c1-2-6-21(7-3-1)10-12-26-25(22-8-4-15-29-18-22)14-17-31-28(26)24-11-13-27(32-20-24)23-9-5-16-30-19-23/h1-20H. The van der Waals surface area contributed by atoms with E-state index in [1.54, 1.807) is 12.4 Å². The van der Waals surface area contributed by atoms with Gasteiger partial charge in [-0.25, -0.2) is 0 Å². The Bertz CT molecular complexity index is 1330. The molecule has 4 heteroatoms. The molecule has 0 atom stereocenters. The van der Waals surface area contributed by atoms with E-state index in [4.69, 9.17) is 4.98 Å². The van der Waals surface area contributed by atoms with Crippen molar-refractivity contribution in [3.05, 3.63) is 121 Å². The Labute approximate surface area is 187 Å². The maximum absolute atomic E-state index is 4.73. The van der Waals surface area contributed by atoms with Crippen molar-refractivity contribution < 1.29 is 0 Å². The molecule has 0 fully saturated rings. The Kier molecular flexibility index (Phi) is 5.58. The zero-order chi connectivity index (χ0) is 21.6. The van der Waals surface area contributed by atoms with E-state index in [1.807, 2.05) is 73.3 Å². The van der Waals surface area contributed by atoms with Crippen LogP contribution < -0.4 is 0 Å². The van der Waals surface area contributed by atoms with Gasteiger partial charge in [-0.3, -0.25) is 19.9 Å². The van der Waals surface area contributed by atoms with E-state index in [9.17, 15) is 0 Å². The predicted molar refractivity (Wildman–Crippen MR) is 129 cm³/mol. The van der Waals surface area contributed by atoms with Crippen molar-refractivity contribution in [3.63, 3.8) is 0 Å². The summed E-state index contributed by atoms with van der Waals surface area (Å²) in [6.07, 6.45) is 15.2. The molecule has 4 nitrogen and oxygen atoms in total. The molecule has 1 aromatic carbocycles. The van der Waals surface area contributed by atoms with Gasteiger partial charge in [0.15, 0.2) is 0 Å². The Morgan fingerprint density at radius 1 is 0.531 bits per heavy atom. The van der Waals surface area contributed by atoms with Gasteiger partial charge in [-0.1, -0.05) is 48.6 Å². The lowest BCUT2D eigenvalue weighted by atomic mass is 9.96. The number of rotatable bonds is 5. The van der Waals surface area contributed by atoms with E-state index in [-0.39, 0.29) is 0 Å². The Morgan fingerprint density at radius 2 is 1.31 bits per heavy atom. The first kappa shape index (κ1) is 19.5. The van der Waals surface area contributed by atoms with Gasteiger partial charge in [-0.15, -0.1) is 0 Å². The molecule has 0 bridgehead atoms. The molecular weight excluding hydrogens is 392 g/mol. The molecule has 0 radical (unpaired) electrons. The van der Waals surface area contributed by atoms with Crippen molar-refractivity contribution in [3.8, 4) is 33.6 Å². The second kappa shape index (κ2) is 9.14. The third-order valence-electron chi connectivity index (χ3n) is 5.20. The molecule has 4 aromatic heterocycles. The molecule has 0 aliphatic heterocycles. The zero-order valence-electron chi connectivity index (χ0n) is 17.3. The average molecular weight is 412 g/mol. The van der Waals surface area contributed by atoms with E-state index in [0.29, 0.717) is 0 Å². The normalized spacial score (nSPS) is 11.0. The summed E-state index contributed by atoms with van der Waals surface area (Å²) in [4.78, 5) is 17.9. The van der Waals surface area contributed by atoms with Crippen molar-refractivity contribution in [2.45, 2.75) is 0 Å². The van der Waals surface area contributed by atoms with Crippen molar-refractivity contribution >= 4 is 12.2 Å². The van der Waals surface area contributed by atoms with Crippen molar-refractivity contribution in [1.82, 2.24) is 19.9 Å². The first-order chi connectivity index (χ1) is 15.9. The quantitative estimate of drug-likeness (QED) is 0.333. The summed E-state index contributed by atoms with van der Waals surface area (Å²) in [7, 11) is 0. The van der Waals surface area contributed by atoms with Crippen LogP contribution in [0.25, 0.3) is 45.8 Å². The van der Waals surface area contributed by atoms with Gasteiger partial charge in [0.05, 0.1) is 11.4 Å². The summed E-state index contributed by atoms with van der Waals surface area (Å²) < 4.78 is 0. The highest BCUT2D eigenvalue weighted by Gasteiger charge is 2.12. The highest BCUT2D eigenvalue weighted by Crippen LogP contribution is 2.32. The number of benzene rings is 1. The molecule has 5 aromatic rings. The fourth-order valence-corrected chi connectivity index (χ4v) is 3.61. The molecular formula is C28H20N4. The van der Waals surface area contributed by atoms with Gasteiger partial charge in [0.25, 0.3) is 0 Å². The minimum atomic E-state index is 0.878. The number of pyridine rings is 4. The maximum Gasteiger partial charge on any atom is 0.0795 e. The molecule has 4 heterocycles. The van der Waals surface area contributed by atoms with Crippen LogP contribution in [0.2, 0.25) is 0 Å². The third kappa shape index (κ3) is 4.20. The summed E-state index contributed by atoms with van der Waals surface area (Å²) in [5, 5.41) is 0. The second-order valence-electron chi connectivity index (χ2n) is 7.28. The van der Waals surface area contributed by atoms with E-state index in [0.717, 1.165) is 44.8 Å². The fraction of sp³-hybridized carbons (Fsp3) is 0. The lowest BCUT2D eigenvalue weighted by Crippen LogP contribution is -1.94. The smallest absolute Gasteiger partial charge is 0.0795 e. The first-order valence-electron chi connectivity index (χ1n) is 10.4. The second-order valence-corrected chi connectivity index (χ2v) is 7.28. The van der Waals surface area contributed by atoms with Crippen LogP contribution in [0.5, 0.6) is 0 Å². The maximum atomic E-state index is 4.73. The minimum Gasteiger partial charge on any atom is -0.264 e. The van der Waals surface area contributed by atoms with Gasteiger partial charge < -0.3 is 0 Å². The number of hydrogen-bond donors (Lipinski definition) is 0. The summed E-state index contributed by atoms with van der Waals surface area (Å²) in [6.45, 7) is 0. The highest BCUT2D eigenvalue weighted by atomic mass is 14.7. The van der Waals surface area contributed by atoms with E-state index >= 15 is 0 Å². The van der Waals surface area contributed by atoms with Gasteiger partial charge in [0.1, 0.15) is 0 Å². The molecule has 0 amide bonds.